The van der Waals surface area contributed by atoms with Crippen LogP contribution in [0.4, 0.5) is 0 Å². The fraction of sp³-hybridized carbons (Fsp3) is 0.636. The fourth-order valence-corrected chi connectivity index (χ4v) is 2.16. The number of piperazine rings is 1. The summed E-state index contributed by atoms with van der Waals surface area (Å²) in [6.45, 7) is 7.33. The van der Waals surface area contributed by atoms with Gasteiger partial charge in [-0.1, -0.05) is 0 Å². The van der Waals surface area contributed by atoms with Crippen molar-refractivity contribution in [1.29, 1.82) is 0 Å². The Morgan fingerprint density at radius 2 is 2.24 bits per heavy atom. The molecule has 17 heavy (non-hydrogen) atoms. The van der Waals surface area contributed by atoms with Gasteiger partial charge in [0.1, 0.15) is 0 Å². The second kappa shape index (κ2) is 5.29. The van der Waals surface area contributed by atoms with Crippen molar-refractivity contribution in [3.05, 3.63) is 17.7 Å². The maximum absolute atomic E-state index is 11.0. The van der Waals surface area contributed by atoms with Crippen LogP contribution >= 0.6 is 0 Å². The molecule has 6 nitrogen and oxygen atoms in total. The third-order valence-corrected chi connectivity index (χ3v) is 3.04. The van der Waals surface area contributed by atoms with Crippen LogP contribution in [0, 0.1) is 0 Å². The first-order valence-electron chi connectivity index (χ1n) is 5.93. The number of nitrogens with one attached hydrogen (secondary N) is 1. The van der Waals surface area contributed by atoms with Gasteiger partial charge in [0.15, 0.2) is 0 Å². The van der Waals surface area contributed by atoms with Crippen LogP contribution in [-0.4, -0.2) is 51.7 Å². The molecule has 0 aliphatic carbocycles. The third kappa shape index (κ3) is 2.65. The molecule has 0 aromatic carbocycles. The molecule has 2 rings (SSSR count). The molecule has 0 atom stereocenters. The standard InChI is InChI=1S/C11H18N4O2/c1-2-15-9(7-13-10(15)11(16)17)8-14-5-3-12-4-6-14/h7,12H,2-6,8H2,1H3,(H,16,17). The van der Waals surface area contributed by atoms with Crippen LogP contribution in [0.1, 0.15) is 23.2 Å². The second-order valence-electron chi connectivity index (χ2n) is 4.15. The van der Waals surface area contributed by atoms with Crippen LogP contribution in [0.2, 0.25) is 0 Å². The molecule has 0 saturated carbocycles. The molecule has 1 saturated heterocycles. The van der Waals surface area contributed by atoms with E-state index in [1.54, 1.807) is 10.8 Å². The first-order chi connectivity index (χ1) is 8.22. The van der Waals surface area contributed by atoms with Crippen molar-refractivity contribution in [3.8, 4) is 0 Å². The van der Waals surface area contributed by atoms with Crippen molar-refractivity contribution in [3.63, 3.8) is 0 Å². The highest BCUT2D eigenvalue weighted by Crippen LogP contribution is 2.09. The zero-order valence-corrected chi connectivity index (χ0v) is 10.0. The van der Waals surface area contributed by atoms with Gasteiger partial charge in [-0.2, -0.15) is 0 Å². The van der Waals surface area contributed by atoms with Crippen molar-refractivity contribution in [2.24, 2.45) is 0 Å². The molecule has 2 N–H and O–H groups in total. The molecular weight excluding hydrogens is 220 g/mol. The van der Waals surface area contributed by atoms with E-state index in [1.807, 2.05) is 6.92 Å². The Kier molecular flexibility index (Phi) is 3.75. The van der Waals surface area contributed by atoms with Gasteiger partial charge in [0, 0.05) is 39.3 Å². The Morgan fingerprint density at radius 3 is 2.82 bits per heavy atom. The lowest BCUT2D eigenvalue weighted by molar-refractivity contribution is 0.0677. The molecule has 2 heterocycles. The van der Waals surface area contributed by atoms with Crippen LogP contribution in [0.15, 0.2) is 6.20 Å². The van der Waals surface area contributed by atoms with E-state index >= 15 is 0 Å². The Hall–Kier alpha value is -1.40. The molecule has 1 fully saturated rings. The summed E-state index contributed by atoms with van der Waals surface area (Å²) < 4.78 is 1.77. The predicted octanol–water partition coefficient (Wildman–Crippen LogP) is 0.00640. The number of aromatic nitrogens is 2. The average Bonchev–Trinajstić information content (AvgIpc) is 2.73. The maximum atomic E-state index is 11.0. The Balaban J connectivity index is 2.12. The number of hydrogen-bond donors (Lipinski definition) is 2. The van der Waals surface area contributed by atoms with Crippen LogP contribution in [-0.2, 0) is 13.1 Å². The summed E-state index contributed by atoms with van der Waals surface area (Å²) in [5.74, 6) is -0.823. The van der Waals surface area contributed by atoms with Gasteiger partial charge in [0.25, 0.3) is 0 Å². The summed E-state index contributed by atoms with van der Waals surface area (Å²) in [4.78, 5) is 17.3. The van der Waals surface area contributed by atoms with E-state index in [0.717, 1.165) is 38.4 Å². The predicted molar refractivity (Wildman–Crippen MR) is 63.0 cm³/mol. The molecule has 1 aliphatic heterocycles. The Bertz CT molecular complexity index is 396. The Labute approximate surface area is 100 Å². The van der Waals surface area contributed by atoms with E-state index in [0.29, 0.717) is 6.54 Å². The maximum Gasteiger partial charge on any atom is 0.372 e. The van der Waals surface area contributed by atoms with Crippen LogP contribution in [0.3, 0.4) is 0 Å². The van der Waals surface area contributed by atoms with E-state index in [2.05, 4.69) is 15.2 Å². The number of carbonyl (C=O) groups is 1. The van der Waals surface area contributed by atoms with Gasteiger partial charge in [0.2, 0.25) is 5.82 Å². The molecule has 0 radical (unpaired) electrons. The van der Waals surface area contributed by atoms with Crippen molar-refractivity contribution < 1.29 is 9.90 Å². The molecule has 1 aromatic rings. The fourth-order valence-electron chi connectivity index (χ4n) is 2.16. The number of nitrogens with zero attached hydrogens (tertiary/aromatic N) is 3. The van der Waals surface area contributed by atoms with E-state index in [-0.39, 0.29) is 5.82 Å². The minimum absolute atomic E-state index is 0.137. The lowest BCUT2D eigenvalue weighted by Gasteiger charge is -2.27. The van der Waals surface area contributed by atoms with E-state index < -0.39 is 5.97 Å². The SMILES string of the molecule is CCn1c(CN2CCNCC2)cnc1C(=O)O. The van der Waals surface area contributed by atoms with Crippen molar-refractivity contribution in [1.82, 2.24) is 19.8 Å². The molecule has 1 aliphatic rings. The van der Waals surface area contributed by atoms with Gasteiger partial charge >= 0.3 is 5.97 Å². The summed E-state index contributed by atoms with van der Waals surface area (Å²) in [7, 11) is 0. The lowest BCUT2D eigenvalue weighted by Crippen LogP contribution is -2.43. The van der Waals surface area contributed by atoms with Gasteiger partial charge in [-0.05, 0) is 6.92 Å². The molecule has 0 spiro atoms. The number of hydrogen-bond acceptors (Lipinski definition) is 4. The highest BCUT2D eigenvalue weighted by Gasteiger charge is 2.17. The molecule has 0 amide bonds. The van der Waals surface area contributed by atoms with Gasteiger partial charge in [-0.15, -0.1) is 0 Å². The number of imidazole rings is 1. The smallest absolute Gasteiger partial charge is 0.372 e. The third-order valence-electron chi connectivity index (χ3n) is 3.04. The van der Waals surface area contributed by atoms with Gasteiger partial charge in [-0.3, -0.25) is 4.90 Å². The Morgan fingerprint density at radius 1 is 1.53 bits per heavy atom. The molecule has 1 aromatic heterocycles. The molecule has 0 bridgehead atoms. The monoisotopic (exact) mass is 238 g/mol. The van der Waals surface area contributed by atoms with Crippen LogP contribution in [0.5, 0.6) is 0 Å². The summed E-state index contributed by atoms with van der Waals surface area (Å²) in [6.07, 6.45) is 1.68. The topological polar surface area (TPSA) is 70.4 Å². The number of aromatic carboxylic acids is 1. The van der Waals surface area contributed by atoms with Crippen molar-refractivity contribution >= 4 is 5.97 Å². The zero-order valence-electron chi connectivity index (χ0n) is 10.0. The number of carboxylic acids is 1. The molecule has 6 heteroatoms. The van der Waals surface area contributed by atoms with Crippen LogP contribution in [0.25, 0.3) is 0 Å². The summed E-state index contributed by atoms with van der Waals surface area (Å²) in [6, 6.07) is 0. The molecule has 94 valence electrons. The normalized spacial score (nSPS) is 17.2. The molecule has 0 unspecified atom stereocenters. The van der Waals surface area contributed by atoms with E-state index in [9.17, 15) is 4.79 Å². The second-order valence-corrected chi connectivity index (χ2v) is 4.15. The van der Waals surface area contributed by atoms with Crippen molar-refractivity contribution in [2.75, 3.05) is 26.2 Å². The molecular formula is C11H18N4O2. The van der Waals surface area contributed by atoms with E-state index in [4.69, 9.17) is 5.11 Å². The quantitative estimate of drug-likeness (QED) is 0.773. The zero-order chi connectivity index (χ0) is 12.3. The minimum Gasteiger partial charge on any atom is -0.475 e. The summed E-state index contributed by atoms with van der Waals surface area (Å²) in [5, 5.41) is 12.3. The van der Waals surface area contributed by atoms with Gasteiger partial charge in [0.05, 0.1) is 11.9 Å². The van der Waals surface area contributed by atoms with Crippen molar-refractivity contribution in [2.45, 2.75) is 20.0 Å². The summed E-state index contributed by atoms with van der Waals surface area (Å²) >= 11 is 0. The average molecular weight is 238 g/mol. The number of carboxylic acid groups (broad SMARTS) is 1. The minimum atomic E-state index is -0.960. The van der Waals surface area contributed by atoms with Crippen LogP contribution < -0.4 is 5.32 Å². The largest absolute Gasteiger partial charge is 0.475 e. The lowest BCUT2D eigenvalue weighted by atomic mass is 10.3. The van der Waals surface area contributed by atoms with Gasteiger partial charge in [-0.25, -0.2) is 9.78 Å². The first kappa shape index (κ1) is 12.1. The summed E-state index contributed by atoms with van der Waals surface area (Å²) in [5.41, 5.74) is 0.979. The first-order valence-corrected chi connectivity index (χ1v) is 5.93. The number of rotatable bonds is 4. The highest BCUT2D eigenvalue weighted by molar-refractivity contribution is 5.83. The van der Waals surface area contributed by atoms with E-state index in [1.165, 1.54) is 0 Å². The highest BCUT2D eigenvalue weighted by atomic mass is 16.4. The van der Waals surface area contributed by atoms with Gasteiger partial charge < -0.3 is 15.0 Å².